The summed E-state index contributed by atoms with van der Waals surface area (Å²) in [5.41, 5.74) is 5.35. The molecule has 0 aromatic carbocycles. The second kappa shape index (κ2) is 6.85. The third kappa shape index (κ3) is 2.98. The number of carbonyl (C=O) groups is 1. The van der Waals surface area contributed by atoms with Crippen LogP contribution in [0, 0.1) is 5.41 Å². The van der Waals surface area contributed by atoms with E-state index in [1.54, 1.807) is 0 Å². The van der Waals surface area contributed by atoms with Crippen LogP contribution in [0.2, 0.25) is 0 Å². The van der Waals surface area contributed by atoms with Crippen molar-refractivity contribution in [1.82, 2.24) is 4.90 Å². The molecule has 1 amide bonds. The number of likely N-dealkylation sites (tertiary alicyclic amines) is 1. The molecule has 3 N–H and O–H groups in total. The van der Waals surface area contributed by atoms with E-state index in [1.165, 1.54) is 0 Å². The van der Waals surface area contributed by atoms with E-state index in [9.17, 15) is 9.90 Å². The molecule has 1 heterocycles. The summed E-state index contributed by atoms with van der Waals surface area (Å²) in [5.74, 6) is 0.128. The molecule has 4 nitrogen and oxygen atoms in total. The molecule has 1 atom stereocenters. The van der Waals surface area contributed by atoms with Crippen molar-refractivity contribution in [2.24, 2.45) is 11.1 Å². The van der Waals surface area contributed by atoms with E-state index in [1.807, 2.05) is 4.90 Å². The Bertz CT molecular complexity index is 365. The van der Waals surface area contributed by atoms with E-state index in [0.717, 1.165) is 57.9 Å². The Balaban J connectivity index is 2.19. The molecule has 1 aliphatic carbocycles. The summed E-state index contributed by atoms with van der Waals surface area (Å²) in [7, 11) is 0. The van der Waals surface area contributed by atoms with Gasteiger partial charge < -0.3 is 15.7 Å². The van der Waals surface area contributed by atoms with E-state index in [0.29, 0.717) is 11.4 Å². The number of thiocarbonyl (C=S) groups is 1. The van der Waals surface area contributed by atoms with Crippen molar-refractivity contribution < 1.29 is 9.90 Å². The highest BCUT2D eigenvalue weighted by Crippen LogP contribution is 2.40. The van der Waals surface area contributed by atoms with Gasteiger partial charge in [0.1, 0.15) is 0 Å². The summed E-state index contributed by atoms with van der Waals surface area (Å²) in [4.78, 5) is 15.4. The van der Waals surface area contributed by atoms with Crippen molar-refractivity contribution in [2.75, 3.05) is 13.2 Å². The number of nitrogens with zero attached hydrogens (tertiary/aromatic N) is 1. The molecule has 0 spiro atoms. The van der Waals surface area contributed by atoms with Crippen LogP contribution in [-0.2, 0) is 4.79 Å². The minimum Gasteiger partial charge on any atom is -0.396 e. The number of hydrogen-bond acceptors (Lipinski definition) is 3. The topological polar surface area (TPSA) is 66.6 Å². The van der Waals surface area contributed by atoms with E-state index >= 15 is 0 Å². The van der Waals surface area contributed by atoms with Crippen LogP contribution >= 0.6 is 12.2 Å². The smallest absolute Gasteiger partial charge is 0.235 e. The molecule has 2 rings (SSSR count). The van der Waals surface area contributed by atoms with Gasteiger partial charge in [0, 0.05) is 19.2 Å². The predicted octanol–water partition coefficient (Wildman–Crippen LogP) is 1.99. The van der Waals surface area contributed by atoms with Crippen LogP contribution in [0.25, 0.3) is 0 Å². The number of amides is 1. The van der Waals surface area contributed by atoms with Gasteiger partial charge in [0.2, 0.25) is 5.91 Å². The molecule has 114 valence electrons. The highest BCUT2D eigenvalue weighted by molar-refractivity contribution is 7.80. The van der Waals surface area contributed by atoms with Gasteiger partial charge in [-0.15, -0.1) is 0 Å². The minimum absolute atomic E-state index is 0.128. The second-order valence-electron chi connectivity index (χ2n) is 6.17. The Morgan fingerprint density at radius 1 is 1.25 bits per heavy atom. The van der Waals surface area contributed by atoms with Gasteiger partial charge in [0.25, 0.3) is 0 Å². The lowest BCUT2D eigenvalue weighted by Gasteiger charge is -2.44. The van der Waals surface area contributed by atoms with Crippen LogP contribution in [0.15, 0.2) is 0 Å². The van der Waals surface area contributed by atoms with Gasteiger partial charge in [-0.05, 0) is 38.5 Å². The maximum absolute atomic E-state index is 13.1. The molecule has 2 fully saturated rings. The van der Waals surface area contributed by atoms with Gasteiger partial charge in [-0.2, -0.15) is 0 Å². The average Bonchev–Trinajstić information content (AvgIpc) is 2.48. The molecule has 0 aromatic heterocycles. The van der Waals surface area contributed by atoms with Gasteiger partial charge in [0.15, 0.2) is 0 Å². The third-order valence-corrected chi connectivity index (χ3v) is 5.33. The maximum Gasteiger partial charge on any atom is 0.235 e. The van der Waals surface area contributed by atoms with Crippen LogP contribution < -0.4 is 5.73 Å². The first kappa shape index (κ1) is 15.7. The number of nitrogens with two attached hydrogens (primary N) is 1. The standard InChI is InChI=1S/C15H26N2O2S/c16-13(20)15(8-3-1-4-9-15)14(19)17-10-5-2-6-12(17)7-11-18/h12,18H,1-11H2,(H2,16,20). The zero-order valence-electron chi connectivity index (χ0n) is 12.1. The summed E-state index contributed by atoms with van der Waals surface area (Å²) in [5, 5.41) is 9.21. The molecular formula is C15H26N2O2S. The first-order valence-electron chi connectivity index (χ1n) is 7.83. The lowest BCUT2D eigenvalue weighted by Crippen LogP contribution is -2.55. The van der Waals surface area contributed by atoms with Crippen LogP contribution in [0.1, 0.15) is 57.8 Å². The van der Waals surface area contributed by atoms with E-state index in [4.69, 9.17) is 18.0 Å². The van der Waals surface area contributed by atoms with Crippen molar-refractivity contribution in [2.45, 2.75) is 63.8 Å². The summed E-state index contributed by atoms with van der Waals surface area (Å²) in [6, 6.07) is 0.161. The van der Waals surface area contributed by atoms with Crippen molar-refractivity contribution >= 4 is 23.1 Å². The van der Waals surface area contributed by atoms with Gasteiger partial charge in [-0.3, -0.25) is 4.79 Å². The van der Waals surface area contributed by atoms with Crippen molar-refractivity contribution in [3.05, 3.63) is 0 Å². The molecule has 1 saturated carbocycles. The van der Waals surface area contributed by atoms with Crippen LogP contribution in [0.5, 0.6) is 0 Å². The first-order chi connectivity index (χ1) is 9.62. The van der Waals surface area contributed by atoms with Crippen LogP contribution in [0.4, 0.5) is 0 Å². The van der Waals surface area contributed by atoms with Gasteiger partial charge >= 0.3 is 0 Å². The number of piperidine rings is 1. The second-order valence-corrected chi connectivity index (χ2v) is 6.61. The van der Waals surface area contributed by atoms with E-state index in [2.05, 4.69) is 0 Å². The molecule has 5 heteroatoms. The monoisotopic (exact) mass is 298 g/mol. The minimum atomic E-state index is -0.612. The van der Waals surface area contributed by atoms with E-state index in [-0.39, 0.29) is 18.6 Å². The van der Waals surface area contributed by atoms with Gasteiger partial charge in [-0.25, -0.2) is 0 Å². The lowest BCUT2D eigenvalue weighted by atomic mass is 9.72. The molecule has 1 aliphatic heterocycles. The zero-order chi connectivity index (χ0) is 14.6. The first-order valence-corrected chi connectivity index (χ1v) is 8.24. The quantitative estimate of drug-likeness (QED) is 0.779. The largest absolute Gasteiger partial charge is 0.396 e. The number of aliphatic hydroxyl groups excluding tert-OH is 1. The third-order valence-electron chi connectivity index (χ3n) is 4.94. The van der Waals surface area contributed by atoms with Crippen molar-refractivity contribution in [3.63, 3.8) is 0 Å². The zero-order valence-corrected chi connectivity index (χ0v) is 13.0. The molecule has 1 saturated heterocycles. The summed E-state index contributed by atoms with van der Waals surface area (Å²) < 4.78 is 0. The molecule has 0 aromatic rings. The average molecular weight is 298 g/mol. The van der Waals surface area contributed by atoms with Crippen LogP contribution in [-0.4, -0.2) is 40.1 Å². The van der Waals surface area contributed by atoms with Crippen LogP contribution in [0.3, 0.4) is 0 Å². The highest BCUT2D eigenvalue weighted by Gasteiger charge is 2.46. The van der Waals surface area contributed by atoms with Gasteiger partial charge in [-0.1, -0.05) is 31.5 Å². The Hall–Kier alpha value is -0.680. The number of aliphatic hydroxyl groups is 1. The van der Waals surface area contributed by atoms with Crippen molar-refractivity contribution in [1.29, 1.82) is 0 Å². The SMILES string of the molecule is NC(=S)C1(C(=O)N2CCCCC2CCO)CCCCC1. The Morgan fingerprint density at radius 2 is 1.95 bits per heavy atom. The molecule has 2 aliphatic rings. The molecule has 1 unspecified atom stereocenters. The summed E-state index contributed by atoms with van der Waals surface area (Å²) >= 11 is 5.26. The Morgan fingerprint density at radius 3 is 2.55 bits per heavy atom. The summed E-state index contributed by atoms with van der Waals surface area (Å²) in [6.07, 6.45) is 8.64. The predicted molar refractivity (Wildman–Crippen MR) is 83.4 cm³/mol. The fourth-order valence-corrected chi connectivity index (χ4v) is 4.00. The molecule has 20 heavy (non-hydrogen) atoms. The van der Waals surface area contributed by atoms with Gasteiger partial charge in [0.05, 0.1) is 10.4 Å². The summed E-state index contributed by atoms with van der Waals surface area (Å²) in [6.45, 7) is 0.919. The Kier molecular flexibility index (Phi) is 5.38. The maximum atomic E-state index is 13.1. The lowest BCUT2D eigenvalue weighted by molar-refractivity contribution is -0.144. The number of hydrogen-bond donors (Lipinski definition) is 2. The molecule has 0 radical (unpaired) electrons. The highest BCUT2D eigenvalue weighted by atomic mass is 32.1. The number of carbonyl (C=O) groups excluding carboxylic acids is 1. The van der Waals surface area contributed by atoms with Crippen molar-refractivity contribution in [3.8, 4) is 0 Å². The Labute approximate surface area is 126 Å². The fourth-order valence-electron chi connectivity index (χ4n) is 3.71. The normalized spacial score (nSPS) is 26.2. The van der Waals surface area contributed by atoms with E-state index < -0.39 is 5.41 Å². The molecule has 0 bridgehead atoms. The number of rotatable bonds is 4. The molecular weight excluding hydrogens is 272 g/mol. The fraction of sp³-hybridized carbons (Fsp3) is 0.867.